The summed E-state index contributed by atoms with van der Waals surface area (Å²) < 4.78 is 8.01. The maximum atomic E-state index is 13.3. The molecule has 0 saturated carbocycles. The van der Waals surface area contributed by atoms with Gasteiger partial charge in [0.2, 0.25) is 0 Å². The first-order valence-corrected chi connectivity index (χ1v) is 12.9. The third-order valence-electron chi connectivity index (χ3n) is 5.75. The number of hydrogen-bond acceptors (Lipinski definition) is 7. The Kier molecular flexibility index (Phi) is 6.09. The number of thiazole rings is 1. The van der Waals surface area contributed by atoms with E-state index < -0.39 is 0 Å². The van der Waals surface area contributed by atoms with Crippen LogP contribution in [0.1, 0.15) is 40.5 Å². The van der Waals surface area contributed by atoms with Crippen LogP contribution in [0.5, 0.6) is 0 Å². The molecule has 1 aliphatic heterocycles. The Hall–Kier alpha value is -3.24. The van der Waals surface area contributed by atoms with Crippen molar-refractivity contribution in [2.75, 3.05) is 18.5 Å². The van der Waals surface area contributed by atoms with Crippen molar-refractivity contribution in [3.8, 4) is 10.6 Å². The Bertz CT molecular complexity index is 1350. The molecule has 0 bridgehead atoms. The summed E-state index contributed by atoms with van der Waals surface area (Å²) in [6.07, 6.45) is 0.369. The van der Waals surface area contributed by atoms with Crippen LogP contribution in [0.25, 0.3) is 20.8 Å². The van der Waals surface area contributed by atoms with Crippen molar-refractivity contribution in [1.82, 2.24) is 19.7 Å². The lowest BCUT2D eigenvalue weighted by Gasteiger charge is -2.26. The number of carbonyl (C=O) groups excluding carboxylic acids is 2. The van der Waals surface area contributed by atoms with E-state index in [9.17, 15) is 9.59 Å². The van der Waals surface area contributed by atoms with Gasteiger partial charge >= 0.3 is 6.09 Å². The molecule has 5 rings (SSSR count). The topological polar surface area (TPSA) is 89.4 Å². The molecule has 176 valence electrons. The summed E-state index contributed by atoms with van der Waals surface area (Å²) in [6, 6.07) is 9.83. The quantitative estimate of drug-likeness (QED) is 0.405. The SMILES string of the molecule is CCOC(=O)N1CCc2c(sc(NC(=O)c3cc(C)nn3CC)c2-c2nc3ccccc3s2)C1. The lowest BCUT2D eigenvalue weighted by molar-refractivity contribution is 0.101. The summed E-state index contributed by atoms with van der Waals surface area (Å²) in [4.78, 5) is 33.2. The van der Waals surface area contributed by atoms with Gasteiger partial charge in [-0.05, 0) is 51.0 Å². The number of hydrogen-bond donors (Lipinski definition) is 1. The van der Waals surface area contributed by atoms with Crippen LogP contribution in [-0.2, 0) is 24.2 Å². The lowest BCUT2D eigenvalue weighted by atomic mass is 10.0. The smallest absolute Gasteiger partial charge is 0.410 e. The fourth-order valence-corrected chi connectivity index (χ4v) is 6.57. The van der Waals surface area contributed by atoms with Crippen LogP contribution in [0.2, 0.25) is 0 Å². The van der Waals surface area contributed by atoms with E-state index in [0.29, 0.717) is 38.4 Å². The second-order valence-electron chi connectivity index (χ2n) is 8.01. The molecule has 8 nitrogen and oxygen atoms in total. The Morgan fingerprint density at radius 3 is 2.79 bits per heavy atom. The van der Waals surface area contributed by atoms with Crippen molar-refractivity contribution >= 4 is 49.9 Å². The number of para-hydroxylation sites is 1. The van der Waals surface area contributed by atoms with Crippen LogP contribution in [-0.4, -0.2) is 44.8 Å². The van der Waals surface area contributed by atoms with Gasteiger partial charge in [-0.25, -0.2) is 9.78 Å². The predicted octanol–water partition coefficient (Wildman–Crippen LogP) is 5.32. The molecule has 4 aromatic rings. The second-order valence-corrected chi connectivity index (χ2v) is 10.1. The summed E-state index contributed by atoms with van der Waals surface area (Å²) in [5.74, 6) is -0.203. The molecular weight excluding hydrogens is 470 g/mol. The highest BCUT2D eigenvalue weighted by molar-refractivity contribution is 7.23. The van der Waals surface area contributed by atoms with Crippen molar-refractivity contribution in [3.05, 3.63) is 52.2 Å². The van der Waals surface area contributed by atoms with E-state index in [1.165, 1.54) is 11.3 Å². The molecule has 0 atom stereocenters. The van der Waals surface area contributed by atoms with Gasteiger partial charge in [0.25, 0.3) is 5.91 Å². The summed E-state index contributed by atoms with van der Waals surface area (Å²) in [6.45, 7) is 7.62. The highest BCUT2D eigenvalue weighted by atomic mass is 32.1. The first kappa shape index (κ1) is 22.5. The van der Waals surface area contributed by atoms with Crippen molar-refractivity contribution in [1.29, 1.82) is 0 Å². The summed E-state index contributed by atoms with van der Waals surface area (Å²) >= 11 is 3.12. The zero-order valence-electron chi connectivity index (χ0n) is 19.3. The van der Waals surface area contributed by atoms with Crippen molar-refractivity contribution in [2.45, 2.75) is 40.3 Å². The third kappa shape index (κ3) is 4.07. The molecule has 1 aromatic carbocycles. The summed E-state index contributed by atoms with van der Waals surface area (Å²) in [5.41, 5.74) is 4.35. The van der Waals surface area contributed by atoms with Gasteiger partial charge in [0.05, 0.1) is 29.1 Å². The zero-order valence-corrected chi connectivity index (χ0v) is 20.9. The van der Waals surface area contributed by atoms with Crippen LogP contribution < -0.4 is 5.32 Å². The number of amides is 2. The molecule has 2 amide bonds. The molecule has 1 aliphatic rings. The molecule has 0 aliphatic carbocycles. The maximum absolute atomic E-state index is 13.3. The Labute approximate surface area is 205 Å². The molecule has 3 aromatic heterocycles. The Morgan fingerprint density at radius 2 is 2.03 bits per heavy atom. The van der Waals surface area contributed by atoms with Gasteiger partial charge in [-0.3, -0.25) is 9.48 Å². The van der Waals surface area contributed by atoms with E-state index in [0.717, 1.165) is 41.9 Å². The van der Waals surface area contributed by atoms with Gasteiger partial charge in [0.15, 0.2) is 0 Å². The largest absolute Gasteiger partial charge is 0.450 e. The number of fused-ring (bicyclic) bond motifs is 2. The van der Waals surface area contributed by atoms with Crippen LogP contribution >= 0.6 is 22.7 Å². The van der Waals surface area contributed by atoms with Crippen molar-refractivity contribution in [3.63, 3.8) is 0 Å². The zero-order chi connectivity index (χ0) is 23.8. The monoisotopic (exact) mass is 495 g/mol. The minimum Gasteiger partial charge on any atom is -0.450 e. The number of anilines is 1. The summed E-state index contributed by atoms with van der Waals surface area (Å²) in [7, 11) is 0. The minimum atomic E-state index is -0.309. The number of carbonyl (C=O) groups is 2. The number of aromatic nitrogens is 3. The van der Waals surface area contributed by atoms with Gasteiger partial charge in [-0.15, -0.1) is 22.7 Å². The molecule has 0 spiro atoms. The Morgan fingerprint density at radius 1 is 1.21 bits per heavy atom. The molecule has 0 unspecified atom stereocenters. The van der Waals surface area contributed by atoms with Crippen LogP contribution in [0.4, 0.5) is 9.80 Å². The van der Waals surface area contributed by atoms with Crippen molar-refractivity contribution in [2.24, 2.45) is 0 Å². The molecule has 1 N–H and O–H groups in total. The average Bonchev–Trinajstić information content (AvgIpc) is 3.52. The van der Waals surface area contributed by atoms with E-state index in [-0.39, 0.29) is 12.0 Å². The second kappa shape index (κ2) is 9.19. The van der Waals surface area contributed by atoms with Crippen molar-refractivity contribution < 1.29 is 14.3 Å². The molecule has 4 heterocycles. The van der Waals surface area contributed by atoms with E-state index >= 15 is 0 Å². The molecule has 10 heteroatoms. The van der Waals surface area contributed by atoms with Gasteiger partial charge in [0.1, 0.15) is 15.7 Å². The maximum Gasteiger partial charge on any atom is 0.410 e. The molecule has 0 radical (unpaired) electrons. The van der Waals surface area contributed by atoms with E-state index in [1.807, 2.05) is 32.0 Å². The van der Waals surface area contributed by atoms with E-state index in [1.54, 1.807) is 33.9 Å². The number of nitrogens with one attached hydrogen (secondary N) is 1. The van der Waals surface area contributed by atoms with Crippen LogP contribution in [0.15, 0.2) is 30.3 Å². The first-order chi connectivity index (χ1) is 16.5. The lowest BCUT2D eigenvalue weighted by Crippen LogP contribution is -2.35. The van der Waals surface area contributed by atoms with Gasteiger partial charge in [0, 0.05) is 23.5 Å². The number of benzene rings is 1. The normalized spacial score (nSPS) is 13.2. The number of nitrogens with zero attached hydrogens (tertiary/aromatic N) is 4. The fraction of sp³-hybridized carbons (Fsp3) is 0.333. The third-order valence-corrected chi connectivity index (χ3v) is 7.94. The molecule has 0 saturated heterocycles. The fourth-order valence-electron chi connectivity index (χ4n) is 4.20. The number of rotatable bonds is 5. The molecule has 34 heavy (non-hydrogen) atoms. The number of ether oxygens (including phenoxy) is 1. The number of aryl methyl sites for hydroxylation is 2. The van der Waals surface area contributed by atoms with Gasteiger partial charge < -0.3 is 15.0 Å². The van der Waals surface area contributed by atoms with Gasteiger partial charge in [-0.2, -0.15) is 5.10 Å². The highest BCUT2D eigenvalue weighted by Crippen LogP contribution is 2.45. The molecular formula is C24H25N5O3S2. The first-order valence-electron chi connectivity index (χ1n) is 11.3. The highest BCUT2D eigenvalue weighted by Gasteiger charge is 2.30. The number of thiophene rings is 1. The standard InChI is InChI=1S/C24H25N5O3S2/c1-4-29-17(12-14(3)27-29)21(30)26-23-20(22-25-16-8-6-7-9-18(16)33-22)15-10-11-28(13-19(15)34-23)24(31)32-5-2/h6-9,12H,4-5,10-11,13H2,1-3H3,(H,26,30). The Balaban J connectivity index is 1.56. The van der Waals surface area contributed by atoms with Crippen LogP contribution in [0, 0.1) is 6.92 Å². The minimum absolute atomic E-state index is 0.203. The van der Waals surface area contributed by atoms with Gasteiger partial charge in [-0.1, -0.05) is 12.1 Å². The van der Waals surface area contributed by atoms with E-state index in [2.05, 4.69) is 16.5 Å². The van der Waals surface area contributed by atoms with E-state index in [4.69, 9.17) is 9.72 Å². The average molecular weight is 496 g/mol. The molecule has 0 fully saturated rings. The van der Waals surface area contributed by atoms with Crippen LogP contribution in [0.3, 0.4) is 0 Å². The predicted molar refractivity (Wildman–Crippen MR) is 135 cm³/mol. The summed E-state index contributed by atoms with van der Waals surface area (Å²) in [5, 5.41) is 9.16.